The van der Waals surface area contributed by atoms with Crippen molar-refractivity contribution >= 4 is 46.8 Å². The maximum absolute atomic E-state index is 11.6. The molecule has 0 saturated carbocycles. The molecular weight excluding hydrogens is 354 g/mol. The van der Waals surface area contributed by atoms with E-state index in [0.29, 0.717) is 21.3 Å². The van der Waals surface area contributed by atoms with E-state index in [1.165, 1.54) is 22.1 Å². The Hall–Kier alpha value is -2.45. The first kappa shape index (κ1) is 17.9. The third kappa shape index (κ3) is 4.53. The molecule has 0 saturated heterocycles. The SMILES string of the molecule is Cc1nn(C)c(Cl)c1/C=C/C(=O)OCC(=O)NC(=O)c1cccs1. The highest BCUT2D eigenvalue weighted by Crippen LogP contribution is 2.19. The van der Waals surface area contributed by atoms with E-state index in [4.69, 9.17) is 16.3 Å². The molecule has 2 aromatic rings. The van der Waals surface area contributed by atoms with Crippen LogP contribution in [0.4, 0.5) is 0 Å². The van der Waals surface area contributed by atoms with E-state index in [2.05, 4.69) is 10.4 Å². The maximum Gasteiger partial charge on any atom is 0.331 e. The van der Waals surface area contributed by atoms with Gasteiger partial charge in [-0.2, -0.15) is 5.10 Å². The second kappa shape index (κ2) is 7.89. The highest BCUT2D eigenvalue weighted by molar-refractivity contribution is 7.12. The molecule has 0 bridgehead atoms. The number of thiophene rings is 1. The molecule has 2 aromatic heterocycles. The van der Waals surface area contributed by atoms with Crippen LogP contribution in [0.1, 0.15) is 20.9 Å². The average molecular weight is 368 g/mol. The molecule has 0 aliphatic heterocycles. The molecule has 0 fully saturated rings. The van der Waals surface area contributed by atoms with Crippen molar-refractivity contribution in [2.24, 2.45) is 7.05 Å². The number of aryl methyl sites for hydroxylation is 2. The van der Waals surface area contributed by atoms with Crippen LogP contribution in [0, 0.1) is 6.92 Å². The molecular formula is C15H14ClN3O4S. The van der Waals surface area contributed by atoms with Gasteiger partial charge in [0.1, 0.15) is 5.15 Å². The third-order valence-electron chi connectivity index (χ3n) is 2.93. The molecule has 2 amide bonds. The van der Waals surface area contributed by atoms with Crippen LogP contribution >= 0.6 is 22.9 Å². The maximum atomic E-state index is 11.6. The van der Waals surface area contributed by atoms with Gasteiger partial charge in [-0.15, -0.1) is 11.3 Å². The molecule has 9 heteroatoms. The van der Waals surface area contributed by atoms with Crippen LogP contribution < -0.4 is 5.32 Å². The summed E-state index contributed by atoms with van der Waals surface area (Å²) in [6, 6.07) is 3.28. The summed E-state index contributed by atoms with van der Waals surface area (Å²) in [6.07, 6.45) is 2.60. The number of hydrogen-bond acceptors (Lipinski definition) is 6. The highest BCUT2D eigenvalue weighted by atomic mass is 35.5. The van der Waals surface area contributed by atoms with E-state index in [1.54, 1.807) is 31.5 Å². The monoisotopic (exact) mass is 367 g/mol. The second-order valence-corrected chi connectivity index (χ2v) is 6.01. The van der Waals surface area contributed by atoms with Gasteiger partial charge in [-0.05, 0) is 24.4 Å². The Labute approximate surface area is 146 Å². The number of nitrogens with one attached hydrogen (secondary N) is 1. The Bertz CT molecular complexity index is 796. The number of amides is 2. The van der Waals surface area contributed by atoms with Gasteiger partial charge in [0, 0.05) is 18.7 Å². The average Bonchev–Trinajstić information content (AvgIpc) is 3.14. The number of nitrogens with zero attached hydrogens (tertiary/aromatic N) is 2. The predicted molar refractivity (Wildman–Crippen MR) is 89.7 cm³/mol. The lowest BCUT2D eigenvalue weighted by Crippen LogP contribution is -2.33. The van der Waals surface area contributed by atoms with E-state index >= 15 is 0 Å². The lowest BCUT2D eigenvalue weighted by atomic mass is 10.2. The molecule has 0 aliphatic carbocycles. The Morgan fingerprint density at radius 1 is 1.46 bits per heavy atom. The van der Waals surface area contributed by atoms with Gasteiger partial charge in [0.15, 0.2) is 6.61 Å². The van der Waals surface area contributed by atoms with Crippen LogP contribution in [0.25, 0.3) is 6.08 Å². The van der Waals surface area contributed by atoms with E-state index in [9.17, 15) is 14.4 Å². The Morgan fingerprint density at radius 3 is 2.79 bits per heavy atom. The van der Waals surface area contributed by atoms with E-state index in [0.717, 1.165) is 6.08 Å². The topological polar surface area (TPSA) is 90.3 Å². The lowest BCUT2D eigenvalue weighted by molar-refractivity contribution is -0.143. The summed E-state index contributed by atoms with van der Waals surface area (Å²) in [4.78, 5) is 35.2. The zero-order valence-corrected chi connectivity index (χ0v) is 14.5. The van der Waals surface area contributed by atoms with Crippen molar-refractivity contribution in [3.05, 3.63) is 44.9 Å². The van der Waals surface area contributed by atoms with Crippen molar-refractivity contribution < 1.29 is 19.1 Å². The van der Waals surface area contributed by atoms with E-state index in [-0.39, 0.29) is 0 Å². The number of imide groups is 1. The molecule has 24 heavy (non-hydrogen) atoms. The fourth-order valence-electron chi connectivity index (χ4n) is 1.80. The van der Waals surface area contributed by atoms with Gasteiger partial charge >= 0.3 is 5.97 Å². The van der Waals surface area contributed by atoms with Gasteiger partial charge in [-0.25, -0.2) is 4.79 Å². The molecule has 2 heterocycles. The van der Waals surface area contributed by atoms with Crippen LogP contribution in [0.2, 0.25) is 5.15 Å². The minimum atomic E-state index is -0.729. The summed E-state index contributed by atoms with van der Waals surface area (Å²) in [5, 5.41) is 8.33. The van der Waals surface area contributed by atoms with E-state index < -0.39 is 24.4 Å². The first-order chi connectivity index (χ1) is 11.4. The van der Waals surface area contributed by atoms with Crippen LogP contribution in [0.3, 0.4) is 0 Å². The molecule has 0 spiro atoms. The number of esters is 1. The first-order valence-corrected chi connectivity index (χ1v) is 8.06. The Kier molecular flexibility index (Phi) is 5.88. The van der Waals surface area contributed by atoms with Gasteiger partial charge in [0.05, 0.1) is 10.6 Å². The van der Waals surface area contributed by atoms with Crippen molar-refractivity contribution in [1.29, 1.82) is 0 Å². The quantitative estimate of drug-likeness (QED) is 0.644. The van der Waals surface area contributed by atoms with Crippen molar-refractivity contribution in [3.63, 3.8) is 0 Å². The Morgan fingerprint density at radius 2 is 2.21 bits per heavy atom. The van der Waals surface area contributed by atoms with Gasteiger partial charge in [-0.1, -0.05) is 17.7 Å². The lowest BCUT2D eigenvalue weighted by Gasteiger charge is -2.02. The smallest absolute Gasteiger partial charge is 0.331 e. The standard InChI is InChI=1S/C15H14ClN3O4S/c1-9-10(14(16)19(2)18-9)5-6-13(21)23-8-12(20)17-15(22)11-4-3-7-24-11/h3-7H,8H2,1-2H3,(H,17,20,22)/b6-5+. The van der Waals surface area contributed by atoms with Crippen molar-refractivity contribution in [3.8, 4) is 0 Å². The molecule has 126 valence electrons. The van der Waals surface area contributed by atoms with Gasteiger partial charge in [0.2, 0.25) is 0 Å². The summed E-state index contributed by atoms with van der Waals surface area (Å²) in [5.74, 6) is -1.96. The number of rotatable bonds is 5. The number of hydrogen-bond donors (Lipinski definition) is 1. The van der Waals surface area contributed by atoms with Crippen LogP contribution in [0.5, 0.6) is 0 Å². The van der Waals surface area contributed by atoms with Gasteiger partial charge in [-0.3, -0.25) is 19.6 Å². The molecule has 0 radical (unpaired) electrons. The van der Waals surface area contributed by atoms with Crippen molar-refractivity contribution in [2.45, 2.75) is 6.92 Å². The predicted octanol–water partition coefficient (Wildman–Crippen LogP) is 1.96. The minimum absolute atomic E-state index is 0.385. The third-order valence-corrected chi connectivity index (χ3v) is 4.24. The highest BCUT2D eigenvalue weighted by Gasteiger charge is 2.13. The molecule has 0 unspecified atom stereocenters. The number of ether oxygens (including phenoxy) is 1. The Balaban J connectivity index is 1.83. The van der Waals surface area contributed by atoms with Gasteiger partial charge < -0.3 is 4.74 Å². The van der Waals surface area contributed by atoms with Crippen molar-refractivity contribution in [2.75, 3.05) is 6.61 Å². The number of carbonyl (C=O) groups is 3. The number of carbonyl (C=O) groups excluding carboxylic acids is 3. The molecule has 2 rings (SSSR count). The molecule has 0 aromatic carbocycles. The zero-order valence-electron chi connectivity index (χ0n) is 12.9. The first-order valence-electron chi connectivity index (χ1n) is 6.80. The minimum Gasteiger partial charge on any atom is -0.452 e. The fourth-order valence-corrected chi connectivity index (χ4v) is 2.66. The van der Waals surface area contributed by atoms with E-state index in [1.807, 2.05) is 0 Å². The summed E-state index contributed by atoms with van der Waals surface area (Å²) >= 11 is 7.23. The zero-order chi connectivity index (χ0) is 17.7. The van der Waals surface area contributed by atoms with Gasteiger partial charge in [0.25, 0.3) is 11.8 Å². The normalized spacial score (nSPS) is 10.8. The number of aromatic nitrogens is 2. The molecule has 7 nitrogen and oxygen atoms in total. The summed E-state index contributed by atoms with van der Waals surface area (Å²) < 4.78 is 6.25. The largest absolute Gasteiger partial charge is 0.452 e. The van der Waals surface area contributed by atoms with Crippen LogP contribution in [0.15, 0.2) is 23.6 Å². The van der Waals surface area contributed by atoms with Crippen molar-refractivity contribution in [1.82, 2.24) is 15.1 Å². The molecule has 0 aliphatic rings. The summed E-state index contributed by atoms with van der Waals surface area (Å²) in [7, 11) is 1.68. The van der Waals surface area contributed by atoms with Crippen LogP contribution in [-0.4, -0.2) is 34.2 Å². The molecule has 0 atom stereocenters. The summed E-state index contributed by atoms with van der Waals surface area (Å²) in [6.45, 7) is 1.20. The molecule has 1 N–H and O–H groups in total. The fraction of sp³-hybridized carbons (Fsp3) is 0.200. The van der Waals surface area contributed by atoms with Crippen LogP contribution in [-0.2, 0) is 21.4 Å². The second-order valence-electron chi connectivity index (χ2n) is 4.71. The summed E-state index contributed by atoms with van der Waals surface area (Å²) in [5.41, 5.74) is 1.25. The number of halogens is 1.